The molecule has 1 amide bonds. The molecular formula is C21H22N6O5S. The van der Waals surface area contributed by atoms with Gasteiger partial charge in [-0.1, -0.05) is 12.1 Å². The fourth-order valence-corrected chi connectivity index (χ4v) is 5.83. The van der Waals surface area contributed by atoms with Crippen molar-refractivity contribution in [1.29, 1.82) is 0 Å². The van der Waals surface area contributed by atoms with Gasteiger partial charge in [0.2, 0.25) is 5.91 Å². The molecule has 0 spiro atoms. The smallest absolute Gasteiger partial charge is 0.287 e. The van der Waals surface area contributed by atoms with Crippen molar-refractivity contribution in [2.75, 3.05) is 37.6 Å². The van der Waals surface area contributed by atoms with Gasteiger partial charge >= 0.3 is 0 Å². The summed E-state index contributed by atoms with van der Waals surface area (Å²) < 4.78 is 28.9. The van der Waals surface area contributed by atoms with Crippen molar-refractivity contribution < 1.29 is 18.1 Å². The highest BCUT2D eigenvalue weighted by Crippen LogP contribution is 2.31. The lowest BCUT2D eigenvalue weighted by Gasteiger charge is -2.38. The van der Waals surface area contributed by atoms with E-state index >= 15 is 0 Å². The van der Waals surface area contributed by atoms with Gasteiger partial charge in [0.1, 0.15) is 23.0 Å². The van der Waals surface area contributed by atoms with Crippen molar-refractivity contribution in [3.05, 3.63) is 58.3 Å². The number of anilines is 1. The molecule has 3 aliphatic heterocycles. The van der Waals surface area contributed by atoms with Crippen LogP contribution in [0.2, 0.25) is 0 Å². The van der Waals surface area contributed by atoms with Gasteiger partial charge in [-0.05, 0) is 31.0 Å². The first-order chi connectivity index (χ1) is 15.8. The summed E-state index contributed by atoms with van der Waals surface area (Å²) in [6.45, 7) is 2.67. The third kappa shape index (κ3) is 3.80. The number of aromatic nitrogens is 1. The monoisotopic (exact) mass is 470 g/mol. The van der Waals surface area contributed by atoms with E-state index < -0.39 is 21.0 Å². The van der Waals surface area contributed by atoms with Crippen LogP contribution in [0.3, 0.4) is 0 Å². The molecule has 1 aromatic carbocycles. The normalized spacial score (nSPS) is 21.6. The summed E-state index contributed by atoms with van der Waals surface area (Å²) >= 11 is 0. The zero-order valence-electron chi connectivity index (χ0n) is 17.7. The van der Waals surface area contributed by atoms with Crippen LogP contribution in [0, 0.1) is 10.1 Å². The highest BCUT2D eigenvalue weighted by atomic mass is 32.2. The van der Waals surface area contributed by atoms with Gasteiger partial charge in [0.05, 0.1) is 4.92 Å². The van der Waals surface area contributed by atoms with Gasteiger partial charge < -0.3 is 14.7 Å². The Morgan fingerprint density at radius 3 is 2.52 bits per heavy atom. The molecular weight excluding hydrogens is 448 g/mol. The average molecular weight is 471 g/mol. The van der Waals surface area contributed by atoms with Crippen molar-refractivity contribution in [3.8, 4) is 0 Å². The first kappa shape index (κ1) is 21.3. The number of hydrogen-bond donors (Lipinski definition) is 0. The number of piperazine rings is 1. The van der Waals surface area contributed by atoms with Crippen LogP contribution in [0.4, 0.5) is 11.5 Å². The second kappa shape index (κ2) is 8.10. The maximum Gasteiger partial charge on any atom is 0.287 e. The fourth-order valence-electron chi connectivity index (χ4n) is 4.61. The highest BCUT2D eigenvalue weighted by molar-refractivity contribution is 7.90. The second-order valence-electron chi connectivity index (χ2n) is 8.18. The number of nitro groups is 1. The standard InChI is InChI=1S/C21H22N6O5S/c28-21(25-12-10-24(11-13-25)19-8-7-15(14-22-19)27(29)30)17-5-3-9-26(17)20-16-4-1-2-6-18(16)33(31,32)23-20/h1-2,4,6-8,14,17H,3,5,9-13H2/t17-/m0/s1. The largest absolute Gasteiger partial charge is 0.353 e. The summed E-state index contributed by atoms with van der Waals surface area (Å²) in [6.07, 6.45) is 2.66. The fraction of sp³-hybridized carbons (Fsp3) is 0.381. The Balaban J connectivity index is 1.28. The molecule has 3 aliphatic rings. The Morgan fingerprint density at radius 1 is 1.06 bits per heavy atom. The summed E-state index contributed by atoms with van der Waals surface area (Å²) in [7, 11) is -3.75. The van der Waals surface area contributed by atoms with E-state index in [9.17, 15) is 23.3 Å². The molecule has 0 radical (unpaired) electrons. The molecule has 12 heteroatoms. The Morgan fingerprint density at radius 2 is 1.82 bits per heavy atom. The number of amides is 1. The van der Waals surface area contributed by atoms with Gasteiger partial charge in [0.15, 0.2) is 5.84 Å². The summed E-state index contributed by atoms with van der Waals surface area (Å²) in [5.41, 5.74) is 0.485. The molecule has 2 fully saturated rings. The molecule has 0 aliphatic carbocycles. The van der Waals surface area contributed by atoms with E-state index in [1.807, 2.05) is 9.80 Å². The van der Waals surface area contributed by atoms with Crippen LogP contribution >= 0.6 is 0 Å². The van der Waals surface area contributed by atoms with Gasteiger partial charge in [-0.2, -0.15) is 8.42 Å². The number of benzene rings is 1. The lowest BCUT2D eigenvalue weighted by molar-refractivity contribution is -0.385. The van der Waals surface area contributed by atoms with Crippen molar-refractivity contribution in [1.82, 2.24) is 14.8 Å². The number of nitrogens with zero attached hydrogens (tertiary/aromatic N) is 6. The van der Waals surface area contributed by atoms with E-state index in [2.05, 4.69) is 9.38 Å². The molecule has 2 saturated heterocycles. The molecule has 11 nitrogen and oxygen atoms in total. The molecule has 0 N–H and O–H groups in total. The van der Waals surface area contributed by atoms with Crippen LogP contribution in [0.1, 0.15) is 18.4 Å². The number of carbonyl (C=O) groups is 1. The van der Waals surface area contributed by atoms with E-state index in [-0.39, 0.29) is 16.5 Å². The Bertz CT molecular complexity index is 1240. The molecule has 1 atom stereocenters. The molecule has 2 aromatic rings. The van der Waals surface area contributed by atoms with Crippen LogP contribution in [0.5, 0.6) is 0 Å². The number of rotatable bonds is 3. The van der Waals surface area contributed by atoms with Crippen LogP contribution < -0.4 is 4.90 Å². The molecule has 1 aromatic heterocycles. The second-order valence-corrected chi connectivity index (χ2v) is 9.75. The lowest BCUT2D eigenvalue weighted by atomic mass is 10.1. The van der Waals surface area contributed by atoms with E-state index in [0.717, 1.165) is 6.42 Å². The molecule has 172 valence electrons. The molecule has 0 bridgehead atoms. The third-order valence-corrected chi connectivity index (χ3v) is 7.61. The Labute approximate surface area is 190 Å². The topological polar surface area (TPSA) is 129 Å². The van der Waals surface area contributed by atoms with E-state index in [0.29, 0.717) is 56.4 Å². The minimum Gasteiger partial charge on any atom is -0.353 e. The maximum atomic E-state index is 13.4. The number of fused-ring (bicyclic) bond motifs is 1. The minimum atomic E-state index is -3.75. The Hall–Kier alpha value is -3.54. The zero-order valence-corrected chi connectivity index (χ0v) is 18.5. The van der Waals surface area contributed by atoms with Gasteiger partial charge in [-0.15, -0.1) is 4.40 Å². The van der Waals surface area contributed by atoms with Crippen molar-refractivity contribution >= 4 is 33.3 Å². The maximum absolute atomic E-state index is 13.4. The number of carbonyl (C=O) groups excluding carboxylic acids is 1. The van der Waals surface area contributed by atoms with Gasteiger partial charge in [0.25, 0.3) is 15.7 Å². The summed E-state index contributed by atoms with van der Waals surface area (Å²) in [5, 5.41) is 10.8. The summed E-state index contributed by atoms with van der Waals surface area (Å²) in [6, 6.07) is 9.30. The van der Waals surface area contributed by atoms with Crippen molar-refractivity contribution in [2.45, 2.75) is 23.8 Å². The molecule has 5 rings (SSSR count). The molecule has 33 heavy (non-hydrogen) atoms. The van der Waals surface area contributed by atoms with Gasteiger partial charge in [0, 0.05) is 44.4 Å². The SMILES string of the molecule is O=C([C@@H]1CCCN1C1=NS(=O)(=O)c2ccccc21)N1CCN(c2ccc([N+](=O)[O-])cn2)CC1. The van der Waals surface area contributed by atoms with Crippen LogP contribution in [-0.2, 0) is 14.8 Å². The quantitative estimate of drug-likeness (QED) is 0.484. The summed E-state index contributed by atoms with van der Waals surface area (Å²) in [4.78, 5) is 33.7. The first-order valence-electron chi connectivity index (χ1n) is 10.7. The van der Waals surface area contributed by atoms with Crippen LogP contribution in [0.15, 0.2) is 51.9 Å². The van der Waals surface area contributed by atoms with Crippen LogP contribution in [-0.4, -0.2) is 78.6 Å². The number of sulfonamides is 1. The van der Waals surface area contributed by atoms with E-state index in [1.165, 1.54) is 12.3 Å². The highest BCUT2D eigenvalue weighted by Gasteiger charge is 2.41. The van der Waals surface area contributed by atoms with Crippen molar-refractivity contribution in [3.63, 3.8) is 0 Å². The molecule has 0 unspecified atom stereocenters. The van der Waals surface area contributed by atoms with Gasteiger partial charge in [-0.3, -0.25) is 14.9 Å². The number of likely N-dealkylation sites (tertiary alicyclic amines) is 1. The zero-order chi connectivity index (χ0) is 23.2. The minimum absolute atomic E-state index is 0.0340. The van der Waals surface area contributed by atoms with E-state index in [1.54, 1.807) is 35.2 Å². The average Bonchev–Trinajstić information content (AvgIpc) is 3.41. The van der Waals surface area contributed by atoms with E-state index in [4.69, 9.17) is 0 Å². The lowest BCUT2D eigenvalue weighted by Crippen LogP contribution is -2.54. The Kier molecular flexibility index (Phi) is 5.23. The number of pyridine rings is 1. The number of amidine groups is 1. The first-order valence-corrected chi connectivity index (χ1v) is 12.1. The van der Waals surface area contributed by atoms with Crippen LogP contribution in [0.25, 0.3) is 0 Å². The number of hydrogen-bond acceptors (Lipinski definition) is 8. The van der Waals surface area contributed by atoms with Gasteiger partial charge in [-0.25, -0.2) is 4.98 Å². The van der Waals surface area contributed by atoms with Crippen molar-refractivity contribution in [2.24, 2.45) is 4.40 Å². The third-order valence-electron chi connectivity index (χ3n) is 6.28. The molecule has 4 heterocycles. The summed E-state index contributed by atoms with van der Waals surface area (Å²) in [5.74, 6) is 0.959. The predicted octanol–water partition coefficient (Wildman–Crippen LogP) is 1.25. The molecule has 0 saturated carbocycles. The predicted molar refractivity (Wildman–Crippen MR) is 120 cm³/mol.